The van der Waals surface area contributed by atoms with Crippen molar-refractivity contribution < 1.29 is 23.8 Å². The summed E-state index contributed by atoms with van der Waals surface area (Å²) < 4.78 is 15.9. The lowest BCUT2D eigenvalue weighted by atomic mass is 10.1. The highest BCUT2D eigenvalue weighted by molar-refractivity contribution is 6.28. The van der Waals surface area contributed by atoms with Crippen molar-refractivity contribution in [3.05, 3.63) is 59.2 Å². The first-order valence-corrected chi connectivity index (χ1v) is 7.69. The first kappa shape index (κ1) is 16.6. The summed E-state index contributed by atoms with van der Waals surface area (Å²) in [7, 11) is 1.61. The molecule has 1 unspecified atom stereocenters. The topological polar surface area (TPSA) is 61.8 Å². The molecule has 1 atom stereocenters. The fraction of sp³-hybridized carbons (Fsp3) is 0.200. The van der Waals surface area contributed by atoms with E-state index in [2.05, 4.69) is 12.0 Å². The molecule has 25 heavy (non-hydrogen) atoms. The highest BCUT2D eigenvalue weighted by atomic mass is 16.5. The van der Waals surface area contributed by atoms with Crippen LogP contribution in [0.2, 0.25) is 0 Å². The van der Waals surface area contributed by atoms with E-state index in [0.29, 0.717) is 23.5 Å². The number of rotatable bonds is 5. The third-order valence-corrected chi connectivity index (χ3v) is 3.84. The molecule has 0 radical (unpaired) electrons. The van der Waals surface area contributed by atoms with Gasteiger partial charge in [-0.25, -0.2) is 0 Å². The van der Waals surface area contributed by atoms with Crippen LogP contribution in [0.25, 0.3) is 0 Å². The first-order chi connectivity index (χ1) is 12.1. The van der Waals surface area contributed by atoms with Crippen LogP contribution < -0.4 is 9.47 Å². The van der Waals surface area contributed by atoms with Crippen LogP contribution in [0, 0.1) is 12.0 Å². The van der Waals surface area contributed by atoms with Crippen LogP contribution in [-0.4, -0.2) is 24.8 Å². The summed E-state index contributed by atoms with van der Waals surface area (Å²) in [6.07, 6.45) is 1.14. The van der Waals surface area contributed by atoms with Crippen LogP contribution in [0.15, 0.2) is 42.5 Å². The molecule has 0 saturated carbocycles. The van der Waals surface area contributed by atoms with Crippen LogP contribution in [0.4, 0.5) is 0 Å². The zero-order valence-electron chi connectivity index (χ0n) is 13.9. The molecular weight excluding hydrogens is 320 g/mol. The van der Waals surface area contributed by atoms with Gasteiger partial charge in [0.1, 0.15) is 24.2 Å². The third-order valence-electron chi connectivity index (χ3n) is 3.84. The standard InChI is InChI=1S/C20H16O5/c1-3-10-24-20-18(21)16-9-8-15(11-17(16)19(20)22)25-12-13-4-6-14(23-2)7-5-13/h4-9,11,20H,12H2,1-2H3. The molecule has 0 aromatic heterocycles. The molecule has 0 heterocycles. The zero-order valence-corrected chi connectivity index (χ0v) is 13.9. The SMILES string of the molecule is CC#COC1C(=O)c2ccc(OCc3ccc(OC)cc3)cc2C1=O. The normalized spacial score (nSPS) is 15.2. The molecule has 0 bridgehead atoms. The predicted octanol–water partition coefficient (Wildman–Crippen LogP) is 3.02. The molecule has 5 nitrogen and oxygen atoms in total. The number of carbonyl (C=O) groups is 2. The molecule has 0 spiro atoms. The van der Waals surface area contributed by atoms with Gasteiger partial charge >= 0.3 is 0 Å². The predicted molar refractivity (Wildman–Crippen MR) is 90.8 cm³/mol. The summed E-state index contributed by atoms with van der Waals surface area (Å²) in [5, 5.41) is 0. The van der Waals surface area contributed by atoms with Crippen LogP contribution in [0.3, 0.4) is 0 Å². The van der Waals surface area contributed by atoms with Crippen molar-refractivity contribution in [3.8, 4) is 23.5 Å². The lowest BCUT2D eigenvalue weighted by molar-refractivity contribution is 0.0659. The number of Topliss-reactive ketones (excluding diaryl/α,β-unsaturated/α-hetero) is 2. The Hall–Kier alpha value is -3.26. The van der Waals surface area contributed by atoms with E-state index in [1.807, 2.05) is 24.3 Å². The van der Waals surface area contributed by atoms with Gasteiger partial charge in [-0.05, 0) is 35.9 Å². The maximum absolute atomic E-state index is 12.3. The summed E-state index contributed by atoms with van der Waals surface area (Å²) in [5.41, 5.74) is 1.60. The number of ketones is 2. The van der Waals surface area contributed by atoms with Gasteiger partial charge in [-0.1, -0.05) is 18.1 Å². The highest BCUT2D eigenvalue weighted by Crippen LogP contribution is 2.28. The van der Waals surface area contributed by atoms with E-state index >= 15 is 0 Å². The molecule has 0 saturated heterocycles. The van der Waals surface area contributed by atoms with Crippen molar-refractivity contribution >= 4 is 11.6 Å². The van der Waals surface area contributed by atoms with E-state index in [0.717, 1.165) is 11.3 Å². The summed E-state index contributed by atoms with van der Waals surface area (Å²) in [6, 6.07) is 12.3. The molecule has 2 aromatic rings. The largest absolute Gasteiger partial charge is 0.497 e. The number of fused-ring (bicyclic) bond motifs is 1. The second-order valence-corrected chi connectivity index (χ2v) is 5.42. The second-order valence-electron chi connectivity index (χ2n) is 5.42. The number of carbonyl (C=O) groups excluding carboxylic acids is 2. The van der Waals surface area contributed by atoms with Crippen molar-refractivity contribution in [2.24, 2.45) is 0 Å². The number of benzene rings is 2. The number of hydrogen-bond donors (Lipinski definition) is 0. The van der Waals surface area contributed by atoms with Gasteiger partial charge in [0.15, 0.2) is 0 Å². The van der Waals surface area contributed by atoms with E-state index in [1.54, 1.807) is 32.2 Å². The Labute approximate surface area is 145 Å². The Morgan fingerprint density at radius 2 is 1.64 bits per heavy atom. The van der Waals surface area contributed by atoms with E-state index in [9.17, 15) is 9.59 Å². The van der Waals surface area contributed by atoms with Crippen molar-refractivity contribution in [1.29, 1.82) is 0 Å². The minimum atomic E-state index is -1.18. The van der Waals surface area contributed by atoms with Crippen molar-refractivity contribution in [1.82, 2.24) is 0 Å². The van der Waals surface area contributed by atoms with Crippen molar-refractivity contribution in [2.45, 2.75) is 19.6 Å². The van der Waals surface area contributed by atoms with E-state index in [4.69, 9.17) is 14.2 Å². The maximum Gasteiger partial charge on any atom is 0.235 e. The Morgan fingerprint density at radius 1 is 0.960 bits per heavy atom. The number of ether oxygens (including phenoxy) is 3. The van der Waals surface area contributed by atoms with E-state index in [-0.39, 0.29) is 5.78 Å². The molecular formula is C20H16O5. The summed E-state index contributed by atoms with van der Waals surface area (Å²) >= 11 is 0. The minimum absolute atomic E-state index is 0.306. The molecule has 126 valence electrons. The van der Waals surface area contributed by atoms with Gasteiger partial charge in [0.25, 0.3) is 0 Å². The summed E-state index contributed by atoms with van der Waals surface area (Å²) in [4.78, 5) is 24.5. The monoisotopic (exact) mass is 336 g/mol. The first-order valence-electron chi connectivity index (χ1n) is 7.69. The van der Waals surface area contributed by atoms with Crippen LogP contribution >= 0.6 is 0 Å². The Bertz CT molecular complexity index is 871. The third kappa shape index (κ3) is 3.33. The Kier molecular flexibility index (Phi) is 4.71. The second kappa shape index (κ2) is 7.10. The van der Waals surface area contributed by atoms with Crippen LogP contribution in [0.5, 0.6) is 11.5 Å². The van der Waals surface area contributed by atoms with Gasteiger partial charge < -0.3 is 14.2 Å². The van der Waals surface area contributed by atoms with Gasteiger partial charge in [0.2, 0.25) is 17.7 Å². The van der Waals surface area contributed by atoms with E-state index in [1.165, 1.54) is 0 Å². The number of hydrogen-bond acceptors (Lipinski definition) is 5. The van der Waals surface area contributed by atoms with Crippen molar-refractivity contribution in [2.75, 3.05) is 7.11 Å². The van der Waals surface area contributed by atoms with Gasteiger partial charge in [0.05, 0.1) is 7.11 Å². The zero-order chi connectivity index (χ0) is 17.8. The average Bonchev–Trinajstić information content (AvgIpc) is 2.89. The quantitative estimate of drug-likeness (QED) is 0.620. The Balaban J connectivity index is 1.73. The molecule has 2 aromatic carbocycles. The molecule has 1 aliphatic carbocycles. The molecule has 0 amide bonds. The maximum atomic E-state index is 12.3. The fourth-order valence-electron chi connectivity index (χ4n) is 2.55. The molecule has 0 fully saturated rings. The van der Waals surface area contributed by atoms with Gasteiger partial charge in [-0.15, -0.1) is 0 Å². The fourth-order valence-corrected chi connectivity index (χ4v) is 2.55. The summed E-state index contributed by atoms with van der Waals surface area (Å²) in [6.45, 7) is 1.91. The molecule has 0 aliphatic heterocycles. The van der Waals surface area contributed by atoms with Crippen molar-refractivity contribution in [3.63, 3.8) is 0 Å². The summed E-state index contributed by atoms with van der Waals surface area (Å²) in [5.74, 6) is 3.03. The number of methoxy groups -OCH3 is 1. The van der Waals surface area contributed by atoms with Gasteiger partial charge in [-0.3, -0.25) is 9.59 Å². The van der Waals surface area contributed by atoms with Crippen LogP contribution in [-0.2, 0) is 11.3 Å². The smallest absolute Gasteiger partial charge is 0.235 e. The molecule has 0 N–H and O–H groups in total. The van der Waals surface area contributed by atoms with Crippen LogP contribution in [0.1, 0.15) is 33.2 Å². The lowest BCUT2D eigenvalue weighted by Crippen LogP contribution is -2.23. The molecule has 5 heteroatoms. The van der Waals surface area contributed by atoms with Gasteiger partial charge in [-0.2, -0.15) is 0 Å². The molecule has 1 aliphatic rings. The minimum Gasteiger partial charge on any atom is -0.497 e. The average molecular weight is 336 g/mol. The van der Waals surface area contributed by atoms with E-state index < -0.39 is 11.9 Å². The molecule has 3 rings (SSSR count). The van der Waals surface area contributed by atoms with Gasteiger partial charge in [0, 0.05) is 18.1 Å². The highest BCUT2D eigenvalue weighted by Gasteiger charge is 2.40. The lowest BCUT2D eigenvalue weighted by Gasteiger charge is -2.08. The Morgan fingerprint density at radius 3 is 2.32 bits per heavy atom.